The summed E-state index contributed by atoms with van der Waals surface area (Å²) >= 11 is 9.70. The van der Waals surface area contributed by atoms with Crippen LogP contribution in [0.2, 0.25) is 5.02 Å². The first kappa shape index (κ1) is 10.7. The first-order chi connectivity index (χ1) is 7.75. The lowest BCUT2D eigenvalue weighted by Crippen LogP contribution is -1.86. The van der Waals surface area contributed by atoms with Crippen LogP contribution in [-0.2, 0) is 12.8 Å². The Balaban J connectivity index is 2.29. The molecule has 1 heterocycles. The number of benzene rings is 1. The number of nitrogens with one attached hydrogen (secondary N) is 1. The van der Waals surface area contributed by atoms with Gasteiger partial charge >= 0.3 is 0 Å². The fraction of sp³-hybridized carbons (Fsp3) is 0.385. The summed E-state index contributed by atoms with van der Waals surface area (Å²) in [6.45, 7) is 0. The van der Waals surface area contributed by atoms with Crippen LogP contribution in [0.5, 0.6) is 0 Å². The highest BCUT2D eigenvalue weighted by Crippen LogP contribution is 2.34. The maximum atomic E-state index is 6.12. The average Bonchev–Trinajstić information content (AvgIpc) is 2.46. The molecule has 0 saturated heterocycles. The molecule has 1 aliphatic rings. The molecule has 0 bridgehead atoms. The Morgan fingerprint density at radius 3 is 2.81 bits per heavy atom. The number of aromatic amines is 1. The van der Waals surface area contributed by atoms with E-state index in [0.717, 1.165) is 9.50 Å². The van der Waals surface area contributed by atoms with E-state index in [9.17, 15) is 0 Å². The molecule has 3 rings (SSSR count). The van der Waals surface area contributed by atoms with Crippen molar-refractivity contribution in [1.29, 1.82) is 0 Å². The summed E-state index contributed by atoms with van der Waals surface area (Å²) in [5, 5.41) is 2.11. The molecule has 0 unspecified atom stereocenters. The van der Waals surface area contributed by atoms with Crippen LogP contribution in [0.3, 0.4) is 0 Å². The third-order valence-corrected chi connectivity index (χ3v) is 4.22. The van der Waals surface area contributed by atoms with Crippen LogP contribution in [0, 0.1) is 0 Å². The van der Waals surface area contributed by atoms with Crippen molar-refractivity contribution >= 4 is 38.4 Å². The van der Waals surface area contributed by atoms with Gasteiger partial charge in [-0.2, -0.15) is 0 Å². The van der Waals surface area contributed by atoms with Crippen molar-refractivity contribution in [1.82, 2.24) is 4.98 Å². The number of hydrogen-bond acceptors (Lipinski definition) is 0. The van der Waals surface area contributed by atoms with E-state index in [1.807, 2.05) is 6.07 Å². The Bertz CT molecular complexity index is 544. The van der Waals surface area contributed by atoms with E-state index >= 15 is 0 Å². The van der Waals surface area contributed by atoms with Gasteiger partial charge in [0.2, 0.25) is 0 Å². The van der Waals surface area contributed by atoms with Gasteiger partial charge in [0.05, 0.1) is 5.52 Å². The Morgan fingerprint density at radius 2 is 1.94 bits per heavy atom. The maximum absolute atomic E-state index is 6.12. The minimum Gasteiger partial charge on any atom is -0.357 e. The molecule has 0 atom stereocenters. The second-order valence-corrected chi connectivity index (χ2v) is 5.74. The number of aromatic nitrogens is 1. The molecular formula is C13H13BrClN. The van der Waals surface area contributed by atoms with E-state index in [0.29, 0.717) is 0 Å². The van der Waals surface area contributed by atoms with Crippen molar-refractivity contribution in [3.63, 3.8) is 0 Å². The third kappa shape index (κ3) is 1.68. The van der Waals surface area contributed by atoms with Crippen LogP contribution in [0.25, 0.3) is 10.9 Å². The molecule has 1 aromatic carbocycles. The van der Waals surface area contributed by atoms with Crippen LogP contribution in [-0.4, -0.2) is 4.98 Å². The monoisotopic (exact) mass is 297 g/mol. The number of fused-ring (bicyclic) bond motifs is 3. The van der Waals surface area contributed by atoms with Gasteiger partial charge in [0.15, 0.2) is 0 Å². The van der Waals surface area contributed by atoms with Crippen molar-refractivity contribution in [2.75, 3.05) is 0 Å². The molecule has 0 aliphatic heterocycles. The van der Waals surface area contributed by atoms with Gasteiger partial charge in [-0.05, 0) is 59.3 Å². The highest BCUT2D eigenvalue weighted by Gasteiger charge is 2.15. The van der Waals surface area contributed by atoms with Crippen LogP contribution in [0.1, 0.15) is 30.5 Å². The number of rotatable bonds is 0. The van der Waals surface area contributed by atoms with Crippen molar-refractivity contribution in [3.8, 4) is 0 Å². The zero-order valence-electron chi connectivity index (χ0n) is 8.95. The van der Waals surface area contributed by atoms with Gasteiger partial charge in [0.25, 0.3) is 0 Å². The smallest absolute Gasteiger partial charge is 0.0604 e. The van der Waals surface area contributed by atoms with Crippen molar-refractivity contribution in [2.24, 2.45) is 0 Å². The fourth-order valence-electron chi connectivity index (χ4n) is 2.61. The van der Waals surface area contributed by atoms with E-state index < -0.39 is 0 Å². The first-order valence-corrected chi connectivity index (χ1v) is 6.91. The predicted octanol–water partition coefficient (Wildman–Crippen LogP) is 4.85. The fourth-order valence-corrected chi connectivity index (χ4v) is 3.52. The summed E-state index contributed by atoms with van der Waals surface area (Å²) < 4.78 is 1.07. The molecule has 16 heavy (non-hydrogen) atoms. The number of hydrogen-bond donors (Lipinski definition) is 1. The number of H-pyrrole nitrogens is 1. The molecule has 0 amide bonds. The largest absolute Gasteiger partial charge is 0.357 e. The van der Waals surface area contributed by atoms with E-state index in [1.54, 1.807) is 0 Å². The molecular weight excluding hydrogens is 286 g/mol. The quantitative estimate of drug-likeness (QED) is 0.669. The zero-order chi connectivity index (χ0) is 11.1. The number of aryl methyl sites for hydroxylation is 2. The lowest BCUT2D eigenvalue weighted by molar-refractivity contribution is 0.708. The average molecular weight is 299 g/mol. The third-order valence-electron chi connectivity index (χ3n) is 3.37. The van der Waals surface area contributed by atoms with E-state index in [-0.39, 0.29) is 0 Å². The molecule has 0 spiro atoms. The lowest BCUT2D eigenvalue weighted by atomic mass is 10.1. The van der Waals surface area contributed by atoms with E-state index in [2.05, 4.69) is 27.0 Å². The lowest BCUT2D eigenvalue weighted by Gasteiger charge is -1.99. The van der Waals surface area contributed by atoms with Gasteiger partial charge in [-0.1, -0.05) is 18.0 Å². The van der Waals surface area contributed by atoms with Gasteiger partial charge in [0.1, 0.15) is 0 Å². The first-order valence-electron chi connectivity index (χ1n) is 5.74. The molecule has 0 fully saturated rings. The molecule has 1 nitrogen and oxygen atoms in total. The van der Waals surface area contributed by atoms with Crippen LogP contribution in [0.4, 0.5) is 0 Å². The van der Waals surface area contributed by atoms with Gasteiger partial charge < -0.3 is 4.98 Å². The van der Waals surface area contributed by atoms with Crippen molar-refractivity contribution in [2.45, 2.75) is 32.1 Å². The minimum atomic E-state index is 0.811. The van der Waals surface area contributed by atoms with E-state index in [1.165, 1.54) is 54.3 Å². The molecule has 1 aliphatic carbocycles. The van der Waals surface area contributed by atoms with Gasteiger partial charge in [0, 0.05) is 20.6 Å². The van der Waals surface area contributed by atoms with Gasteiger partial charge in [-0.15, -0.1) is 0 Å². The summed E-state index contributed by atoms with van der Waals surface area (Å²) in [7, 11) is 0. The summed E-state index contributed by atoms with van der Waals surface area (Å²) in [4.78, 5) is 3.55. The maximum Gasteiger partial charge on any atom is 0.0604 e. The second kappa shape index (κ2) is 4.08. The Morgan fingerprint density at radius 1 is 1.12 bits per heavy atom. The standard InChI is InChI=1S/C13H13BrClN/c14-11-7-8(15)6-10-9-4-2-1-3-5-12(9)16-13(10)11/h6-7,16H,1-5H2. The molecule has 1 aromatic heterocycles. The van der Waals surface area contributed by atoms with Crippen LogP contribution < -0.4 is 0 Å². The highest BCUT2D eigenvalue weighted by atomic mass is 79.9. The Hall–Kier alpha value is -0.470. The SMILES string of the molecule is Clc1cc(Br)c2[nH]c3c(c2c1)CCCCC3. The molecule has 2 aromatic rings. The van der Waals surface area contributed by atoms with Crippen molar-refractivity contribution in [3.05, 3.63) is 32.9 Å². The summed E-state index contributed by atoms with van der Waals surface area (Å²) in [5.41, 5.74) is 4.10. The second-order valence-electron chi connectivity index (χ2n) is 4.45. The molecule has 1 N–H and O–H groups in total. The summed E-state index contributed by atoms with van der Waals surface area (Å²) in [6, 6.07) is 4.04. The van der Waals surface area contributed by atoms with Crippen LogP contribution in [0.15, 0.2) is 16.6 Å². The van der Waals surface area contributed by atoms with Gasteiger partial charge in [-0.3, -0.25) is 0 Å². The Kier molecular flexibility index (Phi) is 2.72. The molecule has 0 radical (unpaired) electrons. The number of halogens is 2. The topological polar surface area (TPSA) is 15.8 Å². The normalized spacial score (nSPS) is 16.1. The summed E-state index contributed by atoms with van der Waals surface area (Å²) in [5.74, 6) is 0. The highest BCUT2D eigenvalue weighted by molar-refractivity contribution is 9.10. The predicted molar refractivity (Wildman–Crippen MR) is 72.3 cm³/mol. The Labute approximate surface area is 108 Å². The van der Waals surface area contributed by atoms with Crippen LogP contribution >= 0.6 is 27.5 Å². The summed E-state index contributed by atoms with van der Waals surface area (Å²) in [6.07, 6.45) is 6.29. The molecule has 3 heteroatoms. The van der Waals surface area contributed by atoms with Gasteiger partial charge in [-0.25, -0.2) is 0 Å². The zero-order valence-corrected chi connectivity index (χ0v) is 11.3. The molecule has 0 saturated carbocycles. The molecule has 84 valence electrons. The minimum absolute atomic E-state index is 0.811. The van der Waals surface area contributed by atoms with E-state index in [4.69, 9.17) is 11.6 Å². The van der Waals surface area contributed by atoms with Crippen molar-refractivity contribution < 1.29 is 0 Å².